The minimum atomic E-state index is 0. The number of hydrogen-bond acceptors (Lipinski definition) is 1. The molecule has 0 saturated carbocycles. The van der Waals surface area contributed by atoms with Gasteiger partial charge < -0.3 is 0 Å². The summed E-state index contributed by atoms with van der Waals surface area (Å²) >= 11 is 0. The number of pyridine rings is 1. The van der Waals surface area contributed by atoms with Crippen LogP contribution < -0.4 is 0 Å². The summed E-state index contributed by atoms with van der Waals surface area (Å²) in [7, 11) is 0. The Morgan fingerprint density at radius 1 is 1.00 bits per heavy atom. The Hall–Kier alpha value is -0.981. The van der Waals surface area contributed by atoms with Crippen molar-refractivity contribution in [2.24, 2.45) is 0 Å². The fourth-order valence-electron chi connectivity index (χ4n) is 1.08. The van der Waals surface area contributed by atoms with Crippen LogP contribution in [0, 0.1) is 6.07 Å². The maximum absolute atomic E-state index is 4.19. The van der Waals surface area contributed by atoms with Crippen molar-refractivity contribution in [3.63, 3.8) is 0 Å². The second-order valence-electron chi connectivity index (χ2n) is 2.50. The van der Waals surface area contributed by atoms with Gasteiger partial charge in [-0.15, -0.1) is 18.2 Å². The van der Waals surface area contributed by atoms with E-state index < -0.39 is 0 Å². The molecule has 0 N–H and O–H groups in total. The number of nitrogens with zero attached hydrogens (tertiary/aromatic N) is 1. The minimum absolute atomic E-state index is 0. The fraction of sp³-hybridized carbons (Fsp3) is 0. The van der Waals surface area contributed by atoms with Crippen molar-refractivity contribution < 1.29 is 20.1 Å². The Morgan fingerprint density at radius 2 is 1.77 bits per heavy atom. The molecule has 1 heterocycles. The monoisotopic (exact) mass is 347 g/mol. The number of hydrogen-bond donors (Lipinski definition) is 0. The van der Waals surface area contributed by atoms with Gasteiger partial charge in [-0.3, -0.25) is 4.98 Å². The Labute approximate surface area is 91.2 Å². The van der Waals surface area contributed by atoms with Crippen LogP contribution in [0.25, 0.3) is 11.3 Å². The van der Waals surface area contributed by atoms with E-state index in [9.17, 15) is 0 Å². The van der Waals surface area contributed by atoms with Crippen molar-refractivity contribution in [3.8, 4) is 11.3 Å². The first kappa shape index (κ1) is 10.1. The molecule has 13 heavy (non-hydrogen) atoms. The molecule has 64 valence electrons. The zero-order valence-electron chi connectivity index (χ0n) is 6.90. The van der Waals surface area contributed by atoms with Crippen LogP contribution in [0.2, 0.25) is 0 Å². The van der Waals surface area contributed by atoms with Crippen LogP contribution in [0.4, 0.5) is 0 Å². The molecule has 1 aromatic carbocycles. The van der Waals surface area contributed by atoms with Crippen molar-refractivity contribution >= 4 is 0 Å². The molecule has 0 radical (unpaired) electrons. The Morgan fingerprint density at radius 3 is 2.38 bits per heavy atom. The van der Waals surface area contributed by atoms with Gasteiger partial charge in [-0.05, 0) is 11.9 Å². The van der Waals surface area contributed by atoms with Crippen LogP contribution in [0.3, 0.4) is 0 Å². The summed E-state index contributed by atoms with van der Waals surface area (Å²) in [6.07, 6.45) is 1.78. The molecule has 0 unspecified atom stereocenters. The van der Waals surface area contributed by atoms with Gasteiger partial charge in [0.1, 0.15) is 0 Å². The number of benzene rings is 1. The van der Waals surface area contributed by atoms with E-state index in [2.05, 4.69) is 11.1 Å². The Kier molecular flexibility index (Phi) is 3.81. The predicted octanol–water partition coefficient (Wildman–Crippen LogP) is 2.55. The first-order valence-electron chi connectivity index (χ1n) is 3.85. The quantitative estimate of drug-likeness (QED) is 0.723. The van der Waals surface area contributed by atoms with E-state index in [1.165, 1.54) is 0 Å². The average Bonchev–Trinajstić information content (AvgIpc) is 2.21. The smallest absolute Gasteiger partial charge is 0.296 e. The van der Waals surface area contributed by atoms with Crippen molar-refractivity contribution in [1.29, 1.82) is 0 Å². The molecular formula is C11H8IrN+2. The molecule has 2 rings (SSSR count). The van der Waals surface area contributed by atoms with E-state index in [0.717, 1.165) is 11.3 Å². The van der Waals surface area contributed by atoms with Crippen molar-refractivity contribution in [1.82, 2.24) is 4.98 Å². The van der Waals surface area contributed by atoms with E-state index in [0.29, 0.717) is 0 Å². The summed E-state index contributed by atoms with van der Waals surface area (Å²) < 4.78 is 0. The van der Waals surface area contributed by atoms with Gasteiger partial charge >= 0.3 is 20.1 Å². The summed E-state index contributed by atoms with van der Waals surface area (Å²) in [5.41, 5.74) is 2.01. The third-order valence-corrected chi connectivity index (χ3v) is 1.65. The summed E-state index contributed by atoms with van der Waals surface area (Å²) in [5, 5.41) is 0. The molecule has 0 aliphatic heterocycles. The van der Waals surface area contributed by atoms with Crippen LogP contribution in [-0.4, -0.2) is 4.98 Å². The summed E-state index contributed by atoms with van der Waals surface area (Å²) in [6.45, 7) is 0. The summed E-state index contributed by atoms with van der Waals surface area (Å²) in [5.74, 6) is 0. The molecule has 0 fully saturated rings. The molecule has 0 spiro atoms. The molecule has 0 atom stereocenters. The molecule has 0 aliphatic rings. The molecule has 1 nitrogen and oxygen atoms in total. The van der Waals surface area contributed by atoms with Crippen LogP contribution in [-0.2, 0) is 20.1 Å². The first-order valence-corrected chi connectivity index (χ1v) is 3.85. The van der Waals surface area contributed by atoms with Crippen LogP contribution in [0.1, 0.15) is 0 Å². The normalized spacial score (nSPS) is 8.92. The SMILES string of the molecule is [Ir+3].[c-]1cccnc1-c1ccccc1. The molecule has 0 saturated heterocycles. The predicted molar refractivity (Wildman–Crippen MR) is 48.5 cm³/mol. The molecule has 2 heteroatoms. The first-order chi connectivity index (χ1) is 5.97. The second-order valence-corrected chi connectivity index (χ2v) is 2.50. The Balaban J connectivity index is 0.000000845. The van der Waals surface area contributed by atoms with E-state index in [4.69, 9.17) is 0 Å². The average molecular weight is 346 g/mol. The maximum Gasteiger partial charge on any atom is 3.00 e. The van der Waals surface area contributed by atoms with Crippen molar-refractivity contribution in [2.75, 3.05) is 0 Å². The number of aromatic nitrogens is 1. The molecule has 0 amide bonds. The summed E-state index contributed by atoms with van der Waals surface area (Å²) in [6, 6.07) is 16.9. The van der Waals surface area contributed by atoms with Crippen LogP contribution >= 0.6 is 0 Å². The van der Waals surface area contributed by atoms with E-state index in [1.54, 1.807) is 6.20 Å². The maximum atomic E-state index is 4.19. The third-order valence-electron chi connectivity index (χ3n) is 1.65. The van der Waals surface area contributed by atoms with Gasteiger partial charge in [0.25, 0.3) is 0 Å². The van der Waals surface area contributed by atoms with E-state index in [1.807, 2.05) is 42.5 Å². The van der Waals surface area contributed by atoms with Gasteiger partial charge in [-0.2, -0.15) is 12.1 Å². The molecular weight excluding hydrogens is 338 g/mol. The molecule has 0 bridgehead atoms. The standard InChI is InChI=1S/C11H8N.Ir/c1-2-6-10(7-3-1)11-8-4-5-9-12-11;/h1-7,9H;/q-1;+3. The molecule has 2 aromatic rings. The van der Waals surface area contributed by atoms with Gasteiger partial charge in [-0.25, -0.2) is 0 Å². The van der Waals surface area contributed by atoms with Crippen molar-refractivity contribution in [2.45, 2.75) is 0 Å². The van der Waals surface area contributed by atoms with Crippen LogP contribution in [0.5, 0.6) is 0 Å². The van der Waals surface area contributed by atoms with E-state index in [-0.39, 0.29) is 20.1 Å². The van der Waals surface area contributed by atoms with Gasteiger partial charge in [0.15, 0.2) is 0 Å². The van der Waals surface area contributed by atoms with Crippen LogP contribution in [0.15, 0.2) is 48.7 Å². The fourth-order valence-corrected chi connectivity index (χ4v) is 1.08. The van der Waals surface area contributed by atoms with E-state index >= 15 is 0 Å². The largest absolute Gasteiger partial charge is 3.00 e. The topological polar surface area (TPSA) is 12.9 Å². The number of rotatable bonds is 1. The van der Waals surface area contributed by atoms with Gasteiger partial charge in [-0.1, -0.05) is 23.8 Å². The Bertz CT molecular complexity index is 307. The molecule has 0 aliphatic carbocycles. The second kappa shape index (κ2) is 4.90. The van der Waals surface area contributed by atoms with Crippen molar-refractivity contribution in [3.05, 3.63) is 54.7 Å². The molecule has 1 aromatic heterocycles. The summed E-state index contributed by atoms with van der Waals surface area (Å²) in [4.78, 5) is 4.19. The zero-order chi connectivity index (χ0) is 8.23. The zero-order valence-corrected chi connectivity index (χ0v) is 9.29. The minimum Gasteiger partial charge on any atom is -0.296 e. The third kappa shape index (κ3) is 2.48. The van der Waals surface area contributed by atoms with Gasteiger partial charge in [0.05, 0.1) is 0 Å². The van der Waals surface area contributed by atoms with Gasteiger partial charge in [0, 0.05) is 0 Å². The van der Waals surface area contributed by atoms with Gasteiger partial charge in [0.2, 0.25) is 0 Å².